The number of urea groups is 1. The zero-order valence-corrected chi connectivity index (χ0v) is 32.4. The Labute approximate surface area is 305 Å². The molecule has 0 bridgehead atoms. The molecule has 0 spiro atoms. The van der Waals surface area contributed by atoms with E-state index < -0.39 is 73.9 Å². The van der Waals surface area contributed by atoms with Gasteiger partial charge in [-0.1, -0.05) is 79.7 Å². The van der Waals surface area contributed by atoms with Gasteiger partial charge in [-0.2, -0.15) is 0 Å². The van der Waals surface area contributed by atoms with Gasteiger partial charge in [-0.3, -0.25) is 19.2 Å². The Hall–Kier alpha value is -3.40. The Balaban J connectivity index is 1.88. The molecule has 0 radical (unpaired) electrons. The summed E-state index contributed by atoms with van der Waals surface area (Å²) in [6.07, 6.45) is 14.2. The van der Waals surface area contributed by atoms with Crippen LogP contribution in [-0.4, -0.2) is 90.6 Å². The maximum atomic E-state index is 14.5. The molecule has 13 heteroatoms. The summed E-state index contributed by atoms with van der Waals surface area (Å²) in [6.45, 7) is 15.2. The molecular weight excluding hydrogens is 671 g/mol. The van der Waals surface area contributed by atoms with Gasteiger partial charge < -0.3 is 26.2 Å². The first-order valence-corrected chi connectivity index (χ1v) is 20.3. The zero-order valence-electron chi connectivity index (χ0n) is 31.6. The van der Waals surface area contributed by atoms with Gasteiger partial charge in [-0.25, -0.2) is 13.2 Å². The lowest BCUT2D eigenvalue weighted by Crippen LogP contribution is -2.64. The lowest BCUT2D eigenvalue weighted by Gasteiger charge is -2.41. The van der Waals surface area contributed by atoms with Crippen molar-refractivity contribution in [1.82, 2.24) is 26.2 Å². The first-order chi connectivity index (χ1) is 23.8. The van der Waals surface area contributed by atoms with Crippen molar-refractivity contribution in [2.75, 3.05) is 18.8 Å². The van der Waals surface area contributed by atoms with E-state index in [1.165, 1.54) is 11.0 Å². The molecule has 0 aromatic heterocycles. The summed E-state index contributed by atoms with van der Waals surface area (Å²) in [6, 6.07) is -3.89. The molecule has 286 valence electrons. The Kier molecular flexibility index (Phi) is 14.3. The van der Waals surface area contributed by atoms with Crippen LogP contribution < -0.4 is 21.3 Å². The average Bonchev–Trinajstić information content (AvgIpc) is 3.75. The number of carbonyl (C=O) groups is 5. The number of likely N-dealkylation sites (tertiary alicyclic amines) is 1. The van der Waals surface area contributed by atoms with Gasteiger partial charge in [0.15, 0.2) is 9.84 Å². The molecular formula is C38H61N5O7S. The largest absolute Gasteiger partial charge is 0.346 e. The number of ketones is 1. The number of carbonyl (C=O) groups excluding carboxylic acids is 5. The number of Topliss-reactive ketones (excluding diaryl/α,β-unsaturated/α-hetero) is 1. The van der Waals surface area contributed by atoms with E-state index in [9.17, 15) is 32.4 Å². The van der Waals surface area contributed by atoms with Crippen molar-refractivity contribution in [1.29, 1.82) is 0 Å². The summed E-state index contributed by atoms with van der Waals surface area (Å²) < 4.78 is 27.0. The molecule has 1 aliphatic heterocycles. The van der Waals surface area contributed by atoms with Crippen LogP contribution in [0.1, 0.15) is 119 Å². The van der Waals surface area contributed by atoms with Crippen LogP contribution in [0.5, 0.6) is 0 Å². The van der Waals surface area contributed by atoms with Gasteiger partial charge in [0.2, 0.25) is 17.6 Å². The highest BCUT2D eigenvalue weighted by atomic mass is 32.2. The van der Waals surface area contributed by atoms with Gasteiger partial charge >= 0.3 is 6.03 Å². The van der Waals surface area contributed by atoms with E-state index in [0.717, 1.165) is 32.1 Å². The van der Waals surface area contributed by atoms with Crippen LogP contribution in [-0.2, 0) is 29.0 Å². The lowest BCUT2D eigenvalue weighted by atomic mass is 9.75. The van der Waals surface area contributed by atoms with E-state index in [1.54, 1.807) is 0 Å². The van der Waals surface area contributed by atoms with Crippen LogP contribution in [0.3, 0.4) is 0 Å². The standard InChI is InChI=1S/C38H61N5O7S/c1-9-11-19-28(30(44)33(46)39-23-10-2)40-32(45)29-27(36(3,4)5)20-24-43(29)34(47)31(37(6,7)8)41-35(48)42-38(21-15-12-16-22-38)25-51(49,50)26-17-13-14-18-26/h1,10,26-29,31H,2,11-25H2,3-8H3,(H,39,46)(H,40,45)(H2,41,42,48)/t27?,28?,29?,31-/m1/s1. The van der Waals surface area contributed by atoms with Crippen molar-refractivity contribution >= 4 is 39.4 Å². The monoisotopic (exact) mass is 731 g/mol. The molecule has 51 heavy (non-hydrogen) atoms. The fraction of sp³-hybridized carbons (Fsp3) is 0.763. The molecule has 0 aromatic rings. The maximum absolute atomic E-state index is 14.5. The summed E-state index contributed by atoms with van der Waals surface area (Å²) >= 11 is 0. The van der Waals surface area contributed by atoms with Crippen molar-refractivity contribution in [2.24, 2.45) is 16.7 Å². The number of rotatable bonds is 14. The SMILES string of the molecule is C#CCCC(NC(=O)C1C(C(C)(C)C)CCN1C(=O)[C@@H](NC(=O)NC1(CS(=O)(=O)C2CCCC2)CCCCC1)C(C)(C)C)C(=O)C(=O)NCC=C. The number of hydrogen-bond acceptors (Lipinski definition) is 7. The molecule has 1 saturated heterocycles. The number of sulfone groups is 1. The van der Waals surface area contributed by atoms with Crippen LogP contribution in [0.2, 0.25) is 0 Å². The molecule has 0 aromatic carbocycles. The number of terminal acetylenes is 1. The molecule has 5 amide bonds. The Morgan fingerprint density at radius 3 is 2.14 bits per heavy atom. The minimum absolute atomic E-state index is 0.0357. The third kappa shape index (κ3) is 11.0. The highest BCUT2D eigenvalue weighted by Gasteiger charge is 2.50. The van der Waals surface area contributed by atoms with Gasteiger partial charge in [-0.15, -0.1) is 18.9 Å². The van der Waals surface area contributed by atoms with Crippen molar-refractivity contribution in [3.8, 4) is 12.3 Å². The third-order valence-electron chi connectivity index (χ3n) is 10.8. The summed E-state index contributed by atoms with van der Waals surface area (Å²) in [7, 11) is -3.45. The Bertz CT molecular complexity index is 1440. The van der Waals surface area contributed by atoms with E-state index in [2.05, 4.69) is 33.8 Å². The molecule has 2 aliphatic carbocycles. The van der Waals surface area contributed by atoms with Crippen molar-refractivity contribution in [3.63, 3.8) is 0 Å². The molecule has 3 fully saturated rings. The van der Waals surface area contributed by atoms with Crippen molar-refractivity contribution in [2.45, 2.75) is 148 Å². The van der Waals surface area contributed by atoms with Crippen molar-refractivity contribution in [3.05, 3.63) is 12.7 Å². The van der Waals surface area contributed by atoms with E-state index in [4.69, 9.17) is 6.42 Å². The molecule has 2 saturated carbocycles. The molecule has 3 aliphatic rings. The van der Waals surface area contributed by atoms with Crippen LogP contribution in [0.25, 0.3) is 0 Å². The number of nitrogens with one attached hydrogen (secondary N) is 4. The zero-order chi connectivity index (χ0) is 38.2. The minimum atomic E-state index is -3.45. The average molecular weight is 732 g/mol. The topological polar surface area (TPSA) is 171 Å². The van der Waals surface area contributed by atoms with Crippen LogP contribution >= 0.6 is 0 Å². The predicted octanol–water partition coefficient (Wildman–Crippen LogP) is 3.79. The third-order valence-corrected chi connectivity index (χ3v) is 13.2. The molecule has 3 rings (SSSR count). The van der Waals surface area contributed by atoms with Crippen molar-refractivity contribution < 1.29 is 32.4 Å². The summed E-state index contributed by atoms with van der Waals surface area (Å²) in [4.78, 5) is 69.7. The van der Waals surface area contributed by atoms with Crippen LogP contribution in [0.15, 0.2) is 12.7 Å². The highest BCUT2D eigenvalue weighted by Crippen LogP contribution is 2.40. The molecule has 4 atom stereocenters. The number of hydrogen-bond donors (Lipinski definition) is 4. The van der Waals surface area contributed by atoms with Crippen LogP contribution in [0.4, 0.5) is 4.79 Å². The number of amides is 5. The Morgan fingerprint density at radius 2 is 1.59 bits per heavy atom. The van der Waals surface area contributed by atoms with Gasteiger partial charge in [0.25, 0.3) is 5.91 Å². The first kappa shape index (κ1) is 42.0. The second kappa shape index (κ2) is 17.4. The van der Waals surface area contributed by atoms with E-state index in [1.807, 2.05) is 41.5 Å². The van der Waals surface area contributed by atoms with Gasteiger partial charge in [0.1, 0.15) is 12.1 Å². The summed E-state index contributed by atoms with van der Waals surface area (Å²) in [5.74, 6) is -0.746. The second-order valence-corrected chi connectivity index (χ2v) is 19.1. The molecule has 12 nitrogen and oxygen atoms in total. The molecule has 4 N–H and O–H groups in total. The summed E-state index contributed by atoms with van der Waals surface area (Å²) in [5.41, 5.74) is -2.14. The lowest BCUT2D eigenvalue weighted by molar-refractivity contribution is -0.145. The van der Waals surface area contributed by atoms with Gasteiger partial charge in [-0.05, 0) is 55.3 Å². The number of nitrogens with zero attached hydrogens (tertiary/aromatic N) is 1. The summed E-state index contributed by atoms with van der Waals surface area (Å²) in [5, 5.41) is 10.7. The predicted molar refractivity (Wildman–Crippen MR) is 198 cm³/mol. The van der Waals surface area contributed by atoms with Gasteiger partial charge in [0, 0.05) is 19.5 Å². The van der Waals surface area contributed by atoms with E-state index in [0.29, 0.717) is 32.1 Å². The van der Waals surface area contributed by atoms with Crippen LogP contribution in [0, 0.1) is 29.1 Å². The quantitative estimate of drug-likeness (QED) is 0.120. The molecule has 3 unspecified atom stereocenters. The van der Waals surface area contributed by atoms with Gasteiger partial charge in [0.05, 0.1) is 22.6 Å². The molecule has 1 heterocycles. The highest BCUT2D eigenvalue weighted by molar-refractivity contribution is 7.92. The van der Waals surface area contributed by atoms with E-state index in [-0.39, 0.29) is 42.9 Å². The maximum Gasteiger partial charge on any atom is 0.315 e. The smallest absolute Gasteiger partial charge is 0.315 e. The fourth-order valence-electron chi connectivity index (χ4n) is 7.94. The second-order valence-electron chi connectivity index (χ2n) is 16.9. The normalized spacial score (nSPS) is 22.3. The minimum Gasteiger partial charge on any atom is -0.346 e. The Morgan fingerprint density at radius 1 is 0.961 bits per heavy atom. The fourth-order valence-corrected chi connectivity index (χ4v) is 10.4. The first-order valence-electron chi connectivity index (χ1n) is 18.5. The van der Waals surface area contributed by atoms with E-state index >= 15 is 0 Å².